The van der Waals surface area contributed by atoms with E-state index in [-0.39, 0.29) is 19.0 Å². The molecule has 0 radical (unpaired) electrons. The molecule has 1 aromatic carbocycles. The zero-order chi connectivity index (χ0) is 12.1. The molecular formula is C14H18O3. The van der Waals surface area contributed by atoms with E-state index in [9.17, 15) is 0 Å². The molecule has 0 unspecified atom stereocenters. The molecule has 3 heteroatoms. The van der Waals surface area contributed by atoms with E-state index >= 15 is 0 Å². The molecule has 1 aromatic rings. The maximum Gasteiger partial charge on any atom is 0.184 e. The van der Waals surface area contributed by atoms with Crippen molar-refractivity contribution in [3.63, 3.8) is 0 Å². The Morgan fingerprint density at radius 1 is 1.35 bits per heavy atom. The summed E-state index contributed by atoms with van der Waals surface area (Å²) in [6.45, 7) is 2.79. The van der Waals surface area contributed by atoms with Gasteiger partial charge in [-0.2, -0.15) is 0 Å². The lowest BCUT2D eigenvalue weighted by atomic mass is 10.0. The molecule has 0 aliphatic carbocycles. The molecule has 0 spiro atoms. The highest BCUT2D eigenvalue weighted by atomic mass is 16.7. The van der Waals surface area contributed by atoms with E-state index in [4.69, 9.17) is 14.6 Å². The monoisotopic (exact) mass is 234 g/mol. The molecule has 1 saturated heterocycles. The molecule has 0 aromatic heterocycles. The van der Waals surface area contributed by atoms with Crippen LogP contribution in [0.15, 0.2) is 42.5 Å². The second-order valence-corrected chi connectivity index (χ2v) is 4.26. The van der Waals surface area contributed by atoms with Gasteiger partial charge in [-0.15, -0.1) is 0 Å². The lowest BCUT2D eigenvalue weighted by Crippen LogP contribution is -2.33. The Labute approximate surface area is 102 Å². The number of hydrogen-bond donors (Lipinski definition) is 1. The minimum atomic E-state index is -0.305. The van der Waals surface area contributed by atoms with Gasteiger partial charge in [-0.3, -0.25) is 0 Å². The van der Waals surface area contributed by atoms with Gasteiger partial charge in [-0.05, 0) is 0 Å². The highest BCUT2D eigenvalue weighted by molar-refractivity contribution is 5.16. The van der Waals surface area contributed by atoms with Gasteiger partial charge in [0.2, 0.25) is 0 Å². The average molecular weight is 234 g/mol. The van der Waals surface area contributed by atoms with Crippen molar-refractivity contribution >= 4 is 0 Å². The SMILES string of the molecule is C[C@H]1CO[C@H](c2ccccc2)O[C@@H]1/C=C/CO. The maximum absolute atomic E-state index is 8.79. The fourth-order valence-electron chi connectivity index (χ4n) is 1.87. The topological polar surface area (TPSA) is 38.7 Å². The van der Waals surface area contributed by atoms with Crippen LogP contribution in [-0.4, -0.2) is 24.4 Å². The predicted octanol–water partition coefficient (Wildman–Crippen LogP) is 2.29. The quantitative estimate of drug-likeness (QED) is 0.815. The van der Waals surface area contributed by atoms with Crippen molar-refractivity contribution < 1.29 is 14.6 Å². The van der Waals surface area contributed by atoms with Gasteiger partial charge < -0.3 is 14.6 Å². The summed E-state index contributed by atoms with van der Waals surface area (Å²) in [7, 11) is 0. The maximum atomic E-state index is 8.79. The molecule has 1 heterocycles. The van der Waals surface area contributed by atoms with Gasteiger partial charge >= 0.3 is 0 Å². The Balaban J connectivity index is 2.05. The average Bonchev–Trinajstić information content (AvgIpc) is 2.39. The van der Waals surface area contributed by atoms with Crippen LogP contribution in [0.4, 0.5) is 0 Å². The molecule has 3 atom stereocenters. The zero-order valence-corrected chi connectivity index (χ0v) is 9.95. The van der Waals surface area contributed by atoms with Crippen LogP contribution in [0.1, 0.15) is 18.8 Å². The predicted molar refractivity (Wildman–Crippen MR) is 65.4 cm³/mol. The third kappa shape index (κ3) is 3.16. The smallest absolute Gasteiger partial charge is 0.184 e. The first kappa shape index (κ1) is 12.3. The summed E-state index contributed by atoms with van der Waals surface area (Å²) in [4.78, 5) is 0. The Hall–Kier alpha value is -1.16. The molecule has 1 fully saturated rings. The summed E-state index contributed by atoms with van der Waals surface area (Å²) in [5.41, 5.74) is 1.03. The van der Waals surface area contributed by atoms with Crippen LogP contribution in [0.5, 0.6) is 0 Å². The van der Waals surface area contributed by atoms with E-state index in [2.05, 4.69) is 6.92 Å². The van der Waals surface area contributed by atoms with E-state index in [0.29, 0.717) is 12.5 Å². The van der Waals surface area contributed by atoms with Crippen molar-refractivity contribution in [2.75, 3.05) is 13.2 Å². The summed E-state index contributed by atoms with van der Waals surface area (Å²) in [6.07, 6.45) is 3.32. The van der Waals surface area contributed by atoms with Gasteiger partial charge in [0.25, 0.3) is 0 Å². The van der Waals surface area contributed by atoms with Gasteiger partial charge in [0, 0.05) is 11.5 Å². The first-order valence-corrected chi connectivity index (χ1v) is 5.91. The summed E-state index contributed by atoms with van der Waals surface area (Å²) in [5.74, 6) is 0.303. The van der Waals surface area contributed by atoms with Crippen LogP contribution in [-0.2, 0) is 9.47 Å². The van der Waals surface area contributed by atoms with Gasteiger partial charge in [0.1, 0.15) is 0 Å². The molecule has 1 aliphatic heterocycles. The highest BCUT2D eigenvalue weighted by Crippen LogP contribution is 2.29. The van der Waals surface area contributed by atoms with E-state index < -0.39 is 0 Å². The van der Waals surface area contributed by atoms with E-state index in [0.717, 1.165) is 5.56 Å². The fourth-order valence-corrected chi connectivity index (χ4v) is 1.87. The van der Waals surface area contributed by atoms with Crippen molar-refractivity contribution in [2.45, 2.75) is 19.3 Å². The van der Waals surface area contributed by atoms with E-state index in [1.165, 1.54) is 0 Å². The van der Waals surface area contributed by atoms with Gasteiger partial charge in [-0.25, -0.2) is 0 Å². The summed E-state index contributed by atoms with van der Waals surface area (Å²) in [6, 6.07) is 9.90. The van der Waals surface area contributed by atoms with Crippen LogP contribution < -0.4 is 0 Å². The van der Waals surface area contributed by atoms with Crippen LogP contribution >= 0.6 is 0 Å². The van der Waals surface area contributed by atoms with E-state index in [1.807, 2.05) is 36.4 Å². The lowest BCUT2D eigenvalue weighted by Gasteiger charge is -2.33. The molecule has 1 aliphatic rings. The molecule has 1 N–H and O–H groups in total. The van der Waals surface area contributed by atoms with Crippen LogP contribution in [0.2, 0.25) is 0 Å². The van der Waals surface area contributed by atoms with Crippen molar-refractivity contribution in [1.29, 1.82) is 0 Å². The highest BCUT2D eigenvalue weighted by Gasteiger charge is 2.27. The van der Waals surface area contributed by atoms with Gasteiger partial charge in [-0.1, -0.05) is 49.4 Å². The third-order valence-corrected chi connectivity index (χ3v) is 2.85. The third-order valence-electron chi connectivity index (χ3n) is 2.85. The largest absolute Gasteiger partial charge is 0.392 e. The number of aliphatic hydroxyl groups excluding tert-OH is 1. The van der Waals surface area contributed by atoms with Gasteiger partial charge in [0.05, 0.1) is 19.3 Å². The van der Waals surface area contributed by atoms with Crippen LogP contribution in [0.3, 0.4) is 0 Å². The number of benzene rings is 1. The van der Waals surface area contributed by atoms with E-state index in [1.54, 1.807) is 6.08 Å². The summed E-state index contributed by atoms with van der Waals surface area (Å²) >= 11 is 0. The second kappa shape index (κ2) is 5.96. The van der Waals surface area contributed by atoms with Crippen molar-refractivity contribution in [3.05, 3.63) is 48.0 Å². The standard InChI is InChI=1S/C14H18O3/c1-11-10-16-14(12-6-3-2-4-7-12)17-13(11)8-5-9-15/h2-8,11,13-15H,9-10H2,1H3/b8-5+/t11-,13+,14-/m0/s1. The molecule has 0 amide bonds. The fraction of sp³-hybridized carbons (Fsp3) is 0.429. The molecule has 3 nitrogen and oxygen atoms in total. The number of aliphatic hydroxyl groups is 1. The van der Waals surface area contributed by atoms with Crippen molar-refractivity contribution in [3.8, 4) is 0 Å². The normalized spacial score (nSPS) is 29.6. The number of ether oxygens (including phenoxy) is 2. The van der Waals surface area contributed by atoms with Crippen molar-refractivity contribution in [2.24, 2.45) is 5.92 Å². The summed E-state index contributed by atoms with van der Waals surface area (Å²) < 4.78 is 11.5. The van der Waals surface area contributed by atoms with Crippen LogP contribution in [0, 0.1) is 5.92 Å². The second-order valence-electron chi connectivity index (χ2n) is 4.26. The Kier molecular flexibility index (Phi) is 4.31. The Bertz CT molecular complexity index is 361. The molecular weight excluding hydrogens is 216 g/mol. The van der Waals surface area contributed by atoms with Crippen molar-refractivity contribution in [1.82, 2.24) is 0 Å². The minimum absolute atomic E-state index is 0.00102. The number of rotatable bonds is 3. The minimum Gasteiger partial charge on any atom is -0.392 e. The lowest BCUT2D eigenvalue weighted by molar-refractivity contribution is -0.225. The summed E-state index contributed by atoms with van der Waals surface area (Å²) in [5, 5.41) is 8.79. The molecule has 17 heavy (non-hydrogen) atoms. The molecule has 0 saturated carbocycles. The van der Waals surface area contributed by atoms with Crippen LogP contribution in [0.25, 0.3) is 0 Å². The molecule has 92 valence electrons. The number of hydrogen-bond acceptors (Lipinski definition) is 3. The first-order valence-electron chi connectivity index (χ1n) is 5.91. The molecule has 2 rings (SSSR count). The Morgan fingerprint density at radius 3 is 2.82 bits per heavy atom. The zero-order valence-electron chi connectivity index (χ0n) is 9.95. The Morgan fingerprint density at radius 2 is 2.12 bits per heavy atom. The first-order chi connectivity index (χ1) is 8.31. The van der Waals surface area contributed by atoms with Gasteiger partial charge in [0.15, 0.2) is 6.29 Å². The molecule has 0 bridgehead atoms.